The van der Waals surface area contributed by atoms with Crippen molar-refractivity contribution in [2.45, 2.75) is 38.4 Å². The Kier molecular flexibility index (Phi) is 11.5. The Morgan fingerprint density at radius 1 is 1.23 bits per heavy atom. The van der Waals surface area contributed by atoms with Gasteiger partial charge in [0.25, 0.3) is 0 Å². The van der Waals surface area contributed by atoms with Gasteiger partial charge in [-0.1, -0.05) is 6.07 Å². The third-order valence-corrected chi connectivity index (χ3v) is 5.23. The molecule has 1 fully saturated rings. The third kappa shape index (κ3) is 9.17. The number of unbranched alkanes of at least 4 members (excludes halogenated alkanes) is 1. The maximum Gasteiger partial charge on any atom is 0.416 e. The van der Waals surface area contributed by atoms with E-state index < -0.39 is 17.6 Å². The number of rotatable bonds is 8. The summed E-state index contributed by atoms with van der Waals surface area (Å²) in [6.45, 7) is 3.15. The van der Waals surface area contributed by atoms with Crippen LogP contribution in [0.5, 0.6) is 0 Å². The molecule has 31 heavy (non-hydrogen) atoms. The van der Waals surface area contributed by atoms with Crippen LogP contribution in [0, 0.1) is 11.7 Å². The lowest BCUT2D eigenvalue weighted by molar-refractivity contribution is -0.138. The van der Waals surface area contributed by atoms with Gasteiger partial charge >= 0.3 is 6.18 Å². The van der Waals surface area contributed by atoms with Crippen molar-refractivity contribution in [3.63, 3.8) is 0 Å². The molecule has 1 amide bonds. The smallest absolute Gasteiger partial charge is 0.369 e. The quantitative estimate of drug-likeness (QED) is 0.150. The highest BCUT2D eigenvalue weighted by atomic mass is 127. The standard InChI is InChI=1S/C20H29F4N5O.HI/c1-26-19(28-13-15-4-5-16(21)12-17(15)20(22,23)24)27-8-2-3-9-29-10-6-14(7-11-29)18(25)30;/h4-5,12,14H,2-3,6-11,13H2,1H3,(H2,25,30)(H2,26,27,28);1H. The second-order valence-electron chi connectivity index (χ2n) is 7.38. The van der Waals surface area contributed by atoms with Crippen molar-refractivity contribution < 1.29 is 22.4 Å². The van der Waals surface area contributed by atoms with Crippen LogP contribution >= 0.6 is 24.0 Å². The monoisotopic (exact) mass is 559 g/mol. The predicted molar refractivity (Wildman–Crippen MR) is 123 cm³/mol. The zero-order valence-electron chi connectivity index (χ0n) is 17.5. The van der Waals surface area contributed by atoms with E-state index in [1.165, 1.54) is 7.05 Å². The number of hydrogen-bond donors (Lipinski definition) is 3. The molecule has 2 rings (SSSR count). The summed E-state index contributed by atoms with van der Waals surface area (Å²) in [6, 6.07) is 2.63. The minimum absolute atomic E-state index is 0. The highest BCUT2D eigenvalue weighted by Gasteiger charge is 2.33. The summed E-state index contributed by atoms with van der Waals surface area (Å²) in [7, 11) is 1.54. The van der Waals surface area contributed by atoms with Crippen LogP contribution in [0.4, 0.5) is 17.6 Å². The summed E-state index contributed by atoms with van der Waals surface area (Å²) in [5.41, 5.74) is 4.29. The first kappa shape index (κ1) is 27.4. The molecule has 0 spiro atoms. The van der Waals surface area contributed by atoms with E-state index in [0.29, 0.717) is 18.6 Å². The number of nitrogens with two attached hydrogens (primary N) is 1. The van der Waals surface area contributed by atoms with Crippen molar-refractivity contribution in [1.82, 2.24) is 15.5 Å². The number of carbonyl (C=O) groups is 1. The molecule has 1 aromatic rings. The number of alkyl halides is 3. The lowest BCUT2D eigenvalue weighted by Crippen LogP contribution is -2.39. The molecule has 0 atom stereocenters. The van der Waals surface area contributed by atoms with E-state index in [4.69, 9.17) is 5.73 Å². The molecule has 0 aromatic heterocycles. The molecule has 176 valence electrons. The summed E-state index contributed by atoms with van der Waals surface area (Å²) in [5, 5.41) is 5.91. The molecule has 6 nitrogen and oxygen atoms in total. The van der Waals surface area contributed by atoms with E-state index in [1.807, 2.05) is 0 Å². The molecule has 1 heterocycles. The van der Waals surface area contributed by atoms with E-state index in [0.717, 1.165) is 57.5 Å². The Balaban J connectivity index is 0.00000480. The van der Waals surface area contributed by atoms with E-state index in [9.17, 15) is 22.4 Å². The van der Waals surface area contributed by atoms with Gasteiger partial charge < -0.3 is 21.3 Å². The number of benzene rings is 1. The first-order valence-corrected chi connectivity index (χ1v) is 10.0. The van der Waals surface area contributed by atoms with E-state index in [2.05, 4.69) is 20.5 Å². The zero-order chi connectivity index (χ0) is 22.1. The second kappa shape index (κ2) is 13.0. The summed E-state index contributed by atoms with van der Waals surface area (Å²) in [6.07, 6.45) is -1.22. The van der Waals surface area contributed by atoms with Crippen LogP contribution in [0.1, 0.15) is 36.8 Å². The minimum atomic E-state index is -4.62. The van der Waals surface area contributed by atoms with Gasteiger partial charge in [0.05, 0.1) is 5.56 Å². The van der Waals surface area contributed by atoms with Gasteiger partial charge in [0.15, 0.2) is 5.96 Å². The van der Waals surface area contributed by atoms with Crippen LogP contribution in [0.2, 0.25) is 0 Å². The number of piperidine rings is 1. The highest BCUT2D eigenvalue weighted by molar-refractivity contribution is 14.0. The topological polar surface area (TPSA) is 82.8 Å². The van der Waals surface area contributed by atoms with Crippen molar-refractivity contribution >= 4 is 35.8 Å². The van der Waals surface area contributed by atoms with Gasteiger partial charge in [-0.05, 0) is 63.0 Å². The number of aliphatic imine (C=N–C) groups is 1. The SMILES string of the molecule is CN=C(NCCCCN1CCC(C(N)=O)CC1)NCc1ccc(F)cc1C(F)(F)F.I. The van der Waals surface area contributed by atoms with Gasteiger partial charge in [-0.2, -0.15) is 13.2 Å². The Morgan fingerprint density at radius 2 is 1.90 bits per heavy atom. The number of amides is 1. The number of likely N-dealkylation sites (tertiary alicyclic amines) is 1. The van der Waals surface area contributed by atoms with Crippen LogP contribution in [-0.2, 0) is 17.5 Å². The average molecular weight is 559 g/mol. The average Bonchev–Trinajstić information content (AvgIpc) is 2.70. The number of hydrogen-bond acceptors (Lipinski definition) is 3. The normalized spacial score (nSPS) is 16.0. The molecule has 0 saturated carbocycles. The van der Waals surface area contributed by atoms with Gasteiger partial charge in [0.2, 0.25) is 5.91 Å². The van der Waals surface area contributed by atoms with Crippen LogP contribution < -0.4 is 16.4 Å². The Labute approximate surface area is 197 Å². The summed E-state index contributed by atoms with van der Waals surface area (Å²) < 4.78 is 52.4. The van der Waals surface area contributed by atoms with Crippen LogP contribution in [0.3, 0.4) is 0 Å². The molecule has 4 N–H and O–H groups in total. The second-order valence-corrected chi connectivity index (χ2v) is 7.38. The van der Waals surface area contributed by atoms with Gasteiger partial charge in [-0.15, -0.1) is 24.0 Å². The van der Waals surface area contributed by atoms with Crippen LogP contribution in [0.15, 0.2) is 23.2 Å². The molecule has 1 saturated heterocycles. The lowest BCUT2D eigenvalue weighted by atomic mass is 9.96. The van der Waals surface area contributed by atoms with E-state index in [1.54, 1.807) is 0 Å². The lowest BCUT2D eigenvalue weighted by Gasteiger charge is -2.30. The van der Waals surface area contributed by atoms with Gasteiger partial charge in [0, 0.05) is 26.1 Å². The van der Waals surface area contributed by atoms with Crippen molar-refractivity contribution in [3.05, 3.63) is 35.1 Å². The number of guanidine groups is 1. The Morgan fingerprint density at radius 3 is 2.48 bits per heavy atom. The van der Waals surface area contributed by atoms with E-state index >= 15 is 0 Å². The summed E-state index contributed by atoms with van der Waals surface area (Å²) in [4.78, 5) is 17.5. The molecule has 0 bridgehead atoms. The molecule has 0 unspecified atom stereocenters. The van der Waals surface area contributed by atoms with Gasteiger partial charge in [-0.3, -0.25) is 9.79 Å². The molecular weight excluding hydrogens is 529 g/mol. The molecule has 1 aromatic carbocycles. The fourth-order valence-corrected chi connectivity index (χ4v) is 3.47. The zero-order valence-corrected chi connectivity index (χ0v) is 19.8. The summed E-state index contributed by atoms with van der Waals surface area (Å²) >= 11 is 0. The van der Waals surface area contributed by atoms with Crippen LogP contribution in [-0.4, -0.2) is 50.0 Å². The predicted octanol–water partition coefficient (Wildman–Crippen LogP) is 3.11. The first-order valence-electron chi connectivity index (χ1n) is 10.0. The van der Waals surface area contributed by atoms with Crippen LogP contribution in [0.25, 0.3) is 0 Å². The molecule has 1 aliphatic heterocycles. The Hall–Kier alpha value is -1.63. The maximum atomic E-state index is 13.2. The van der Waals surface area contributed by atoms with Crippen molar-refractivity contribution in [3.8, 4) is 0 Å². The maximum absolute atomic E-state index is 13.2. The van der Waals surface area contributed by atoms with Crippen molar-refractivity contribution in [2.75, 3.05) is 33.2 Å². The summed E-state index contributed by atoms with van der Waals surface area (Å²) in [5.74, 6) is -0.779. The number of nitrogens with zero attached hydrogens (tertiary/aromatic N) is 2. The molecule has 1 aliphatic rings. The number of halogens is 5. The van der Waals surface area contributed by atoms with Crippen molar-refractivity contribution in [1.29, 1.82) is 0 Å². The molecule has 0 aliphatic carbocycles. The number of primary amides is 1. The van der Waals surface area contributed by atoms with Crippen molar-refractivity contribution in [2.24, 2.45) is 16.6 Å². The highest BCUT2D eigenvalue weighted by Crippen LogP contribution is 2.32. The number of nitrogens with one attached hydrogen (secondary N) is 2. The fraction of sp³-hybridized carbons (Fsp3) is 0.600. The van der Waals surface area contributed by atoms with E-state index in [-0.39, 0.29) is 47.9 Å². The molecule has 0 radical (unpaired) electrons. The van der Waals surface area contributed by atoms with Gasteiger partial charge in [0.1, 0.15) is 5.82 Å². The number of carbonyl (C=O) groups excluding carboxylic acids is 1. The third-order valence-electron chi connectivity index (χ3n) is 5.23. The van der Waals surface area contributed by atoms with Gasteiger partial charge in [-0.25, -0.2) is 4.39 Å². The molecule has 11 heteroatoms. The Bertz CT molecular complexity index is 737. The fourth-order valence-electron chi connectivity index (χ4n) is 3.47. The minimum Gasteiger partial charge on any atom is -0.369 e. The molecular formula is C20H30F4IN5O. The first-order chi connectivity index (χ1) is 14.2. The largest absolute Gasteiger partial charge is 0.416 e.